The lowest BCUT2D eigenvalue weighted by molar-refractivity contribution is 0.0941. The van der Waals surface area contributed by atoms with Crippen molar-refractivity contribution in [1.82, 2.24) is 10.6 Å². The second kappa shape index (κ2) is 8.82. The van der Waals surface area contributed by atoms with E-state index in [1.54, 1.807) is 6.07 Å². The summed E-state index contributed by atoms with van der Waals surface area (Å²) in [6, 6.07) is 7.38. The first-order valence-electron chi connectivity index (χ1n) is 7.02. The molecule has 1 unspecified atom stereocenters. The summed E-state index contributed by atoms with van der Waals surface area (Å²) >= 11 is 0. The van der Waals surface area contributed by atoms with Gasteiger partial charge in [0.15, 0.2) is 0 Å². The molecule has 1 atom stereocenters. The first-order valence-corrected chi connectivity index (χ1v) is 7.02. The number of rotatable bonds is 5. The van der Waals surface area contributed by atoms with E-state index >= 15 is 0 Å². The van der Waals surface area contributed by atoms with Crippen LogP contribution in [-0.2, 0) is 0 Å². The van der Waals surface area contributed by atoms with Crippen LogP contribution >= 0.6 is 12.4 Å². The van der Waals surface area contributed by atoms with Gasteiger partial charge in [-0.25, -0.2) is 0 Å². The fourth-order valence-corrected chi connectivity index (χ4v) is 2.37. The number of carbonyl (C=O) groups is 1. The van der Waals surface area contributed by atoms with Gasteiger partial charge in [0.2, 0.25) is 0 Å². The number of para-hydroxylation sites is 1. The van der Waals surface area contributed by atoms with Crippen LogP contribution in [0.5, 0.6) is 5.75 Å². The van der Waals surface area contributed by atoms with Crippen molar-refractivity contribution in [2.24, 2.45) is 5.92 Å². The van der Waals surface area contributed by atoms with Crippen molar-refractivity contribution >= 4 is 18.3 Å². The molecule has 112 valence electrons. The smallest absolute Gasteiger partial charge is 0.255 e. The first kappa shape index (κ1) is 16.8. The van der Waals surface area contributed by atoms with Gasteiger partial charge < -0.3 is 15.4 Å². The number of piperidine rings is 1. The molecule has 0 saturated carbocycles. The predicted molar refractivity (Wildman–Crippen MR) is 82.8 cm³/mol. The van der Waals surface area contributed by atoms with Crippen LogP contribution in [0.2, 0.25) is 0 Å². The average Bonchev–Trinajstić information content (AvgIpc) is 2.47. The molecule has 1 heterocycles. The number of halogens is 1. The van der Waals surface area contributed by atoms with Gasteiger partial charge in [-0.1, -0.05) is 12.1 Å². The second-order valence-electron chi connectivity index (χ2n) is 4.85. The molecular weight excluding hydrogens is 276 g/mol. The molecule has 2 rings (SSSR count). The van der Waals surface area contributed by atoms with Crippen molar-refractivity contribution in [3.05, 3.63) is 29.8 Å². The normalized spacial score (nSPS) is 17.9. The molecule has 1 fully saturated rings. The molecule has 1 amide bonds. The number of amides is 1. The standard InChI is InChI=1S/C15H22N2O2.ClH/c1-2-19-14-8-4-3-7-13(14)15(18)17-11-12-6-5-9-16-10-12;/h3-4,7-8,12,16H,2,5-6,9-11H2,1H3,(H,17,18);1H. The molecule has 0 aromatic heterocycles. The molecule has 0 bridgehead atoms. The Morgan fingerprint density at radius 3 is 2.95 bits per heavy atom. The van der Waals surface area contributed by atoms with E-state index in [4.69, 9.17) is 4.74 Å². The Hall–Kier alpha value is -1.26. The van der Waals surface area contributed by atoms with Crippen LogP contribution in [0.25, 0.3) is 0 Å². The van der Waals surface area contributed by atoms with Gasteiger partial charge >= 0.3 is 0 Å². The van der Waals surface area contributed by atoms with Gasteiger partial charge in [0.1, 0.15) is 5.75 Å². The van der Waals surface area contributed by atoms with Crippen molar-refractivity contribution in [3.8, 4) is 5.75 Å². The zero-order chi connectivity index (χ0) is 13.5. The van der Waals surface area contributed by atoms with Crippen molar-refractivity contribution < 1.29 is 9.53 Å². The summed E-state index contributed by atoms with van der Waals surface area (Å²) in [7, 11) is 0. The lowest BCUT2D eigenvalue weighted by Crippen LogP contribution is -2.38. The summed E-state index contributed by atoms with van der Waals surface area (Å²) in [6.45, 7) is 5.30. The quantitative estimate of drug-likeness (QED) is 0.876. The van der Waals surface area contributed by atoms with Crippen molar-refractivity contribution in [2.45, 2.75) is 19.8 Å². The summed E-state index contributed by atoms with van der Waals surface area (Å²) in [5.74, 6) is 1.15. The summed E-state index contributed by atoms with van der Waals surface area (Å²) in [6.07, 6.45) is 2.37. The maximum Gasteiger partial charge on any atom is 0.255 e. The number of nitrogens with one attached hydrogen (secondary N) is 2. The van der Waals surface area contributed by atoms with E-state index in [0.717, 1.165) is 19.6 Å². The molecule has 2 N–H and O–H groups in total. The average molecular weight is 299 g/mol. The molecule has 0 aliphatic carbocycles. The van der Waals surface area contributed by atoms with E-state index in [9.17, 15) is 4.79 Å². The summed E-state index contributed by atoms with van der Waals surface area (Å²) in [4.78, 5) is 12.2. The zero-order valence-electron chi connectivity index (χ0n) is 11.9. The number of hydrogen-bond donors (Lipinski definition) is 2. The highest BCUT2D eigenvalue weighted by Crippen LogP contribution is 2.18. The summed E-state index contributed by atoms with van der Waals surface area (Å²) in [5.41, 5.74) is 0.619. The highest BCUT2D eigenvalue weighted by atomic mass is 35.5. The Kier molecular flexibility index (Phi) is 7.41. The van der Waals surface area contributed by atoms with Crippen LogP contribution in [0.1, 0.15) is 30.1 Å². The molecule has 1 aromatic carbocycles. The Labute approximate surface area is 126 Å². The Morgan fingerprint density at radius 2 is 2.25 bits per heavy atom. The van der Waals surface area contributed by atoms with Crippen LogP contribution in [0.4, 0.5) is 0 Å². The number of benzene rings is 1. The molecule has 20 heavy (non-hydrogen) atoms. The molecule has 4 nitrogen and oxygen atoms in total. The van der Waals surface area contributed by atoms with Gasteiger partial charge in [-0.2, -0.15) is 0 Å². The van der Waals surface area contributed by atoms with Crippen LogP contribution in [-0.4, -0.2) is 32.1 Å². The summed E-state index contributed by atoms with van der Waals surface area (Å²) < 4.78 is 5.48. The monoisotopic (exact) mass is 298 g/mol. The van der Waals surface area contributed by atoms with E-state index in [0.29, 0.717) is 23.8 Å². The Morgan fingerprint density at radius 1 is 1.45 bits per heavy atom. The summed E-state index contributed by atoms with van der Waals surface area (Å²) in [5, 5.41) is 6.36. The fraction of sp³-hybridized carbons (Fsp3) is 0.533. The minimum Gasteiger partial charge on any atom is -0.493 e. The topological polar surface area (TPSA) is 50.4 Å². The minimum atomic E-state index is -0.0466. The number of carbonyl (C=O) groups excluding carboxylic acids is 1. The molecule has 0 radical (unpaired) electrons. The van der Waals surface area contributed by atoms with E-state index in [2.05, 4.69) is 10.6 Å². The van der Waals surface area contributed by atoms with Gasteiger partial charge in [-0.15, -0.1) is 12.4 Å². The fourth-order valence-electron chi connectivity index (χ4n) is 2.37. The number of hydrogen-bond acceptors (Lipinski definition) is 3. The maximum absolute atomic E-state index is 12.2. The molecule has 0 spiro atoms. The highest BCUT2D eigenvalue weighted by Gasteiger charge is 2.16. The van der Waals surface area contributed by atoms with E-state index in [-0.39, 0.29) is 18.3 Å². The van der Waals surface area contributed by atoms with Gasteiger partial charge in [-0.05, 0) is 50.9 Å². The minimum absolute atomic E-state index is 0. The van der Waals surface area contributed by atoms with Gasteiger partial charge in [0, 0.05) is 6.54 Å². The number of ether oxygens (including phenoxy) is 1. The van der Waals surface area contributed by atoms with E-state index in [1.807, 2.05) is 25.1 Å². The Balaban J connectivity index is 0.00000200. The van der Waals surface area contributed by atoms with Crippen LogP contribution < -0.4 is 15.4 Å². The molecule has 1 saturated heterocycles. The third-order valence-electron chi connectivity index (χ3n) is 3.38. The van der Waals surface area contributed by atoms with Crippen LogP contribution in [0, 0.1) is 5.92 Å². The lowest BCUT2D eigenvalue weighted by atomic mass is 9.99. The molecule has 1 aromatic rings. The molecule has 1 aliphatic heterocycles. The third-order valence-corrected chi connectivity index (χ3v) is 3.38. The van der Waals surface area contributed by atoms with E-state index in [1.165, 1.54) is 12.8 Å². The molecule has 5 heteroatoms. The Bertz CT molecular complexity index is 420. The van der Waals surface area contributed by atoms with Gasteiger partial charge in [0.05, 0.1) is 12.2 Å². The molecular formula is C15H23ClN2O2. The zero-order valence-corrected chi connectivity index (χ0v) is 12.7. The predicted octanol–water partition coefficient (Wildman–Crippen LogP) is 2.24. The van der Waals surface area contributed by atoms with Crippen LogP contribution in [0.15, 0.2) is 24.3 Å². The molecule has 1 aliphatic rings. The van der Waals surface area contributed by atoms with Gasteiger partial charge in [0.25, 0.3) is 5.91 Å². The first-order chi connectivity index (χ1) is 9.31. The van der Waals surface area contributed by atoms with Crippen molar-refractivity contribution in [2.75, 3.05) is 26.2 Å². The van der Waals surface area contributed by atoms with Crippen LogP contribution in [0.3, 0.4) is 0 Å². The largest absolute Gasteiger partial charge is 0.493 e. The maximum atomic E-state index is 12.2. The van der Waals surface area contributed by atoms with Crippen molar-refractivity contribution in [3.63, 3.8) is 0 Å². The third kappa shape index (κ3) is 4.69. The van der Waals surface area contributed by atoms with E-state index < -0.39 is 0 Å². The van der Waals surface area contributed by atoms with Gasteiger partial charge in [-0.3, -0.25) is 4.79 Å². The SMILES string of the molecule is CCOc1ccccc1C(=O)NCC1CCCNC1.Cl. The second-order valence-corrected chi connectivity index (χ2v) is 4.85. The highest BCUT2D eigenvalue weighted by molar-refractivity contribution is 5.96. The lowest BCUT2D eigenvalue weighted by Gasteiger charge is -2.23. The van der Waals surface area contributed by atoms with Crippen molar-refractivity contribution in [1.29, 1.82) is 0 Å².